The van der Waals surface area contributed by atoms with Crippen molar-refractivity contribution < 1.29 is 23.1 Å². The van der Waals surface area contributed by atoms with E-state index in [0.29, 0.717) is 34.2 Å². The highest BCUT2D eigenvalue weighted by Crippen LogP contribution is 2.34. The summed E-state index contributed by atoms with van der Waals surface area (Å²) in [5, 5.41) is 23.1. The fourth-order valence-corrected chi connectivity index (χ4v) is 4.34. The number of aromatic amines is 1. The first-order chi connectivity index (χ1) is 15.5. The normalized spacial score (nSPS) is 18.2. The molecule has 0 spiro atoms. The Kier molecular flexibility index (Phi) is 6.76. The van der Waals surface area contributed by atoms with Gasteiger partial charge in [0.05, 0.1) is 6.04 Å². The second kappa shape index (κ2) is 9.88. The van der Waals surface area contributed by atoms with Crippen LogP contribution in [0.3, 0.4) is 0 Å². The van der Waals surface area contributed by atoms with Gasteiger partial charge in [-0.25, -0.2) is 8.78 Å². The van der Waals surface area contributed by atoms with Crippen LogP contribution in [-0.4, -0.2) is 66.7 Å². The summed E-state index contributed by atoms with van der Waals surface area (Å²) in [6.45, 7) is 0.240. The number of nitrogens with one attached hydrogen (secondary N) is 1. The predicted molar refractivity (Wildman–Crippen MR) is 116 cm³/mol. The number of rotatable bonds is 8. The van der Waals surface area contributed by atoms with Gasteiger partial charge >= 0.3 is 0 Å². The maximum absolute atomic E-state index is 13.0. The van der Waals surface area contributed by atoms with Crippen molar-refractivity contribution in [2.24, 2.45) is 0 Å². The van der Waals surface area contributed by atoms with Crippen molar-refractivity contribution in [2.45, 2.75) is 18.6 Å². The molecule has 0 aliphatic carbocycles. The fourth-order valence-electron chi connectivity index (χ4n) is 3.31. The minimum atomic E-state index is -2.92. The van der Waals surface area contributed by atoms with Crippen LogP contribution in [0, 0.1) is 0 Å². The van der Waals surface area contributed by atoms with Crippen LogP contribution < -0.4 is 0 Å². The summed E-state index contributed by atoms with van der Waals surface area (Å²) in [5.74, 6) is 1.70. The van der Waals surface area contributed by atoms with Crippen molar-refractivity contribution in [3.05, 3.63) is 65.9 Å². The maximum Gasteiger partial charge on any atom is 0.282 e. The smallest absolute Gasteiger partial charge is 0.282 e. The van der Waals surface area contributed by atoms with E-state index in [2.05, 4.69) is 20.6 Å². The minimum absolute atomic E-state index is 0.167. The number of H-pyrrole nitrogens is 1. The second-order valence-corrected chi connectivity index (χ2v) is 7.87. The highest BCUT2D eigenvalue weighted by Gasteiger charge is 2.35. The number of aliphatic hydroxyl groups is 1. The average molecular weight is 459 g/mol. The Bertz CT molecular complexity index is 1100. The van der Waals surface area contributed by atoms with Crippen molar-refractivity contribution in [1.82, 2.24) is 25.5 Å². The molecule has 2 unspecified atom stereocenters. The van der Waals surface area contributed by atoms with Gasteiger partial charge in [-0.1, -0.05) is 48.2 Å². The first kappa shape index (κ1) is 21.9. The molecule has 166 valence electrons. The molecule has 0 bridgehead atoms. The van der Waals surface area contributed by atoms with Crippen molar-refractivity contribution >= 4 is 28.7 Å². The van der Waals surface area contributed by atoms with Gasteiger partial charge in [0, 0.05) is 12.3 Å². The van der Waals surface area contributed by atoms with Gasteiger partial charge in [-0.3, -0.25) is 4.79 Å². The Morgan fingerprint density at radius 3 is 2.84 bits per heavy atom. The number of hydrogen-bond donors (Lipinski definition) is 2. The zero-order valence-corrected chi connectivity index (χ0v) is 17.5. The number of aromatic nitrogens is 4. The first-order valence-electron chi connectivity index (χ1n) is 9.70. The van der Waals surface area contributed by atoms with E-state index in [0.717, 1.165) is 17.8 Å². The van der Waals surface area contributed by atoms with Crippen LogP contribution in [0.2, 0.25) is 0 Å². The van der Waals surface area contributed by atoms with E-state index in [1.807, 2.05) is 6.07 Å². The number of hydrogen-bond acceptors (Lipinski definition) is 7. The Labute approximate surface area is 186 Å². The minimum Gasteiger partial charge on any atom is -0.453 e. The SMILES string of the molecule is O=C1SCC(C(=CC(O)C(F)F)c2ccccc2)N1CC=Cc1ccc(-c2nn[nH]n2)o1. The zero-order chi connectivity index (χ0) is 22.5. The van der Waals surface area contributed by atoms with Gasteiger partial charge in [-0.15, -0.1) is 10.2 Å². The molecule has 1 fully saturated rings. The molecule has 2 N–H and O–H groups in total. The van der Waals surface area contributed by atoms with E-state index < -0.39 is 18.6 Å². The van der Waals surface area contributed by atoms with Crippen molar-refractivity contribution in [1.29, 1.82) is 0 Å². The van der Waals surface area contributed by atoms with Crippen LogP contribution in [-0.2, 0) is 0 Å². The number of carbonyl (C=O) groups is 1. The van der Waals surface area contributed by atoms with Crippen LogP contribution in [0.1, 0.15) is 11.3 Å². The van der Waals surface area contributed by atoms with Gasteiger partial charge in [0.1, 0.15) is 11.9 Å². The quantitative estimate of drug-likeness (QED) is 0.529. The van der Waals surface area contributed by atoms with E-state index in [4.69, 9.17) is 4.42 Å². The molecular formula is C21H19F2N5O3S. The molecule has 8 nitrogen and oxygen atoms in total. The summed E-state index contributed by atoms with van der Waals surface area (Å²) in [4.78, 5) is 14.1. The number of aliphatic hydroxyl groups excluding tert-OH is 1. The van der Waals surface area contributed by atoms with E-state index in [9.17, 15) is 18.7 Å². The highest BCUT2D eigenvalue weighted by atomic mass is 32.2. The standard InChI is InChI=1S/C21H19F2N5O3S/c22-19(23)17(29)11-15(13-5-2-1-3-6-13)16-12-32-21(30)28(16)10-4-7-14-8-9-18(31-14)20-24-26-27-25-20/h1-9,11,16-17,19,29H,10,12H2,(H,24,25,26,27). The number of alkyl halides is 2. The van der Waals surface area contributed by atoms with Crippen molar-refractivity contribution in [3.63, 3.8) is 0 Å². The van der Waals surface area contributed by atoms with E-state index >= 15 is 0 Å². The van der Waals surface area contributed by atoms with Gasteiger partial charge in [0.15, 0.2) is 5.76 Å². The molecule has 2 atom stereocenters. The molecule has 11 heteroatoms. The van der Waals surface area contributed by atoms with Crippen LogP contribution in [0.5, 0.6) is 0 Å². The largest absolute Gasteiger partial charge is 0.453 e. The highest BCUT2D eigenvalue weighted by molar-refractivity contribution is 8.13. The van der Waals surface area contributed by atoms with E-state index in [1.54, 1.807) is 53.5 Å². The molecule has 3 heterocycles. The molecule has 3 aromatic rings. The third-order valence-corrected chi connectivity index (χ3v) is 5.79. The van der Waals surface area contributed by atoms with Crippen LogP contribution in [0.15, 0.2) is 59.0 Å². The van der Waals surface area contributed by atoms with Gasteiger partial charge < -0.3 is 14.4 Å². The Hall–Kier alpha value is -3.31. The summed E-state index contributed by atoms with van der Waals surface area (Å²) < 4.78 is 31.7. The molecule has 1 aromatic carbocycles. The number of furan rings is 1. The monoisotopic (exact) mass is 459 g/mol. The van der Waals surface area contributed by atoms with E-state index in [-0.39, 0.29) is 11.8 Å². The molecule has 1 amide bonds. The molecule has 1 aliphatic heterocycles. The predicted octanol–water partition coefficient (Wildman–Crippen LogP) is 3.72. The number of benzene rings is 1. The molecule has 1 saturated heterocycles. The lowest BCUT2D eigenvalue weighted by molar-refractivity contribution is 0.0242. The third-order valence-electron chi connectivity index (χ3n) is 4.83. The molecule has 1 aliphatic rings. The number of nitrogens with zero attached hydrogens (tertiary/aromatic N) is 4. The van der Waals surface area contributed by atoms with Gasteiger partial charge in [0.2, 0.25) is 5.82 Å². The lowest BCUT2D eigenvalue weighted by Gasteiger charge is -2.26. The molecule has 0 radical (unpaired) electrons. The van der Waals surface area contributed by atoms with Crippen LogP contribution in [0.25, 0.3) is 23.2 Å². The lowest BCUT2D eigenvalue weighted by atomic mass is 9.96. The Morgan fingerprint density at radius 1 is 1.31 bits per heavy atom. The Balaban J connectivity index is 1.53. The molecular weight excluding hydrogens is 440 g/mol. The Morgan fingerprint density at radius 2 is 2.12 bits per heavy atom. The lowest BCUT2D eigenvalue weighted by Crippen LogP contribution is -2.35. The second-order valence-electron chi connectivity index (χ2n) is 6.90. The molecule has 0 saturated carbocycles. The number of thioether (sulfide) groups is 1. The van der Waals surface area contributed by atoms with Gasteiger partial charge in [-0.2, -0.15) is 5.21 Å². The fraction of sp³-hybridized carbons (Fsp3) is 0.238. The van der Waals surface area contributed by atoms with Gasteiger partial charge in [-0.05, 0) is 40.6 Å². The number of tetrazole rings is 1. The number of amides is 1. The van der Waals surface area contributed by atoms with Gasteiger partial charge in [0.25, 0.3) is 11.7 Å². The van der Waals surface area contributed by atoms with Crippen LogP contribution >= 0.6 is 11.8 Å². The third kappa shape index (κ3) is 4.94. The maximum atomic E-state index is 13.0. The summed E-state index contributed by atoms with van der Waals surface area (Å²) in [6, 6.07) is 11.9. The number of carbonyl (C=O) groups excluding carboxylic acids is 1. The molecule has 2 aromatic heterocycles. The topological polar surface area (TPSA) is 108 Å². The van der Waals surface area contributed by atoms with E-state index in [1.165, 1.54) is 0 Å². The van der Waals surface area contributed by atoms with Crippen LogP contribution in [0.4, 0.5) is 13.6 Å². The van der Waals surface area contributed by atoms with Crippen molar-refractivity contribution in [3.8, 4) is 11.6 Å². The van der Waals surface area contributed by atoms with Crippen molar-refractivity contribution in [2.75, 3.05) is 12.3 Å². The summed E-state index contributed by atoms with van der Waals surface area (Å²) >= 11 is 1.11. The first-order valence-corrected chi connectivity index (χ1v) is 10.7. The number of halogens is 2. The summed E-state index contributed by atoms with van der Waals surface area (Å²) in [7, 11) is 0. The molecule has 4 rings (SSSR count). The zero-order valence-electron chi connectivity index (χ0n) is 16.6. The average Bonchev–Trinajstić information content (AvgIpc) is 3.55. The summed E-state index contributed by atoms with van der Waals surface area (Å²) in [5.41, 5.74) is 1.17. The molecule has 32 heavy (non-hydrogen) atoms. The summed E-state index contributed by atoms with van der Waals surface area (Å²) in [6.07, 6.45) is -0.239.